The Bertz CT molecular complexity index is 415. The molecule has 1 fully saturated rings. The molecule has 0 aromatic rings. The van der Waals surface area contributed by atoms with Crippen molar-refractivity contribution < 1.29 is 14.7 Å². The van der Waals surface area contributed by atoms with Crippen LogP contribution < -0.4 is 5.32 Å². The lowest BCUT2D eigenvalue weighted by atomic mass is 9.75. The van der Waals surface area contributed by atoms with Gasteiger partial charge in [-0.05, 0) is 33.1 Å². The lowest BCUT2D eigenvalue weighted by molar-refractivity contribution is -0.152. The van der Waals surface area contributed by atoms with E-state index in [1.54, 1.807) is 18.7 Å². The van der Waals surface area contributed by atoms with Gasteiger partial charge in [0.2, 0.25) is 0 Å². The van der Waals surface area contributed by atoms with Crippen LogP contribution in [0.5, 0.6) is 0 Å². The van der Waals surface area contributed by atoms with E-state index in [9.17, 15) is 14.7 Å². The predicted octanol–water partition coefficient (Wildman–Crippen LogP) is 2.07. The zero-order chi connectivity index (χ0) is 15.4. The van der Waals surface area contributed by atoms with E-state index >= 15 is 0 Å². The van der Waals surface area contributed by atoms with Crippen LogP contribution in [0.1, 0.15) is 46.5 Å². The minimum atomic E-state index is -0.747. The molecule has 0 aliphatic carbocycles. The van der Waals surface area contributed by atoms with Crippen LogP contribution >= 0.6 is 0 Å². The Morgan fingerprint density at radius 1 is 1.40 bits per heavy atom. The maximum atomic E-state index is 12.1. The Balaban J connectivity index is 2.64. The van der Waals surface area contributed by atoms with Crippen LogP contribution in [-0.4, -0.2) is 40.6 Å². The highest BCUT2D eigenvalue weighted by Gasteiger charge is 2.41. The minimum Gasteiger partial charge on any atom is -0.481 e. The molecule has 0 aromatic heterocycles. The van der Waals surface area contributed by atoms with Gasteiger partial charge in [-0.25, -0.2) is 4.79 Å². The normalized spacial score (nSPS) is 18.2. The van der Waals surface area contributed by atoms with Gasteiger partial charge in [0, 0.05) is 13.1 Å². The number of carboxylic acids is 1. The summed E-state index contributed by atoms with van der Waals surface area (Å²) < 4.78 is 0. The summed E-state index contributed by atoms with van der Waals surface area (Å²) in [4.78, 5) is 25.2. The van der Waals surface area contributed by atoms with Gasteiger partial charge >= 0.3 is 12.0 Å². The van der Waals surface area contributed by atoms with Crippen molar-refractivity contribution in [2.24, 2.45) is 5.41 Å². The van der Waals surface area contributed by atoms with Crippen molar-refractivity contribution in [2.45, 2.75) is 52.0 Å². The first-order valence-corrected chi connectivity index (χ1v) is 7.04. The molecule has 5 nitrogen and oxygen atoms in total. The van der Waals surface area contributed by atoms with Crippen LogP contribution in [0.3, 0.4) is 0 Å². The van der Waals surface area contributed by atoms with Gasteiger partial charge in [-0.1, -0.05) is 19.3 Å². The predicted molar refractivity (Wildman–Crippen MR) is 77.2 cm³/mol. The molecule has 5 heteroatoms. The van der Waals surface area contributed by atoms with Gasteiger partial charge in [-0.2, -0.15) is 0 Å². The second-order valence-corrected chi connectivity index (χ2v) is 6.02. The molecule has 0 atom stereocenters. The molecule has 0 saturated carbocycles. The average molecular weight is 280 g/mol. The van der Waals surface area contributed by atoms with Crippen LogP contribution in [0.4, 0.5) is 4.79 Å². The van der Waals surface area contributed by atoms with E-state index in [4.69, 9.17) is 6.42 Å². The Labute approximate surface area is 120 Å². The van der Waals surface area contributed by atoms with Crippen molar-refractivity contribution in [1.29, 1.82) is 0 Å². The monoisotopic (exact) mass is 280 g/mol. The van der Waals surface area contributed by atoms with Crippen LogP contribution in [0, 0.1) is 17.8 Å². The molecule has 1 rings (SSSR count). The van der Waals surface area contributed by atoms with Crippen molar-refractivity contribution in [2.75, 3.05) is 13.1 Å². The molecule has 0 unspecified atom stereocenters. The molecule has 1 heterocycles. The lowest BCUT2D eigenvalue weighted by Gasteiger charge is -2.39. The van der Waals surface area contributed by atoms with Crippen molar-refractivity contribution in [3.8, 4) is 12.3 Å². The first-order chi connectivity index (χ1) is 9.26. The molecular formula is C15H24N2O3. The number of carboxylic acid groups (broad SMARTS) is 1. The maximum Gasteiger partial charge on any atom is 0.318 e. The van der Waals surface area contributed by atoms with Crippen LogP contribution in [-0.2, 0) is 4.79 Å². The number of hydrogen-bond acceptors (Lipinski definition) is 2. The van der Waals surface area contributed by atoms with E-state index in [0.29, 0.717) is 32.4 Å². The summed E-state index contributed by atoms with van der Waals surface area (Å²) in [5.41, 5.74) is -1.37. The van der Waals surface area contributed by atoms with Gasteiger partial charge in [-0.3, -0.25) is 4.79 Å². The Kier molecular flexibility index (Phi) is 5.04. The summed E-state index contributed by atoms with van der Waals surface area (Å²) in [6, 6.07) is -0.219. The van der Waals surface area contributed by atoms with E-state index < -0.39 is 16.9 Å². The standard InChI is InChI=1S/C15H24N2O3/c1-5-7-15(12(18)19)8-10-17(11-9-15)13(20)16-14(3,4)6-2/h2H,5,7-11H2,1,3-4H3,(H,16,20)(H,18,19). The molecule has 0 radical (unpaired) electrons. The average Bonchev–Trinajstić information content (AvgIpc) is 2.39. The third-order valence-corrected chi connectivity index (χ3v) is 3.97. The summed E-state index contributed by atoms with van der Waals surface area (Å²) in [5.74, 6) is 1.77. The van der Waals surface area contributed by atoms with Crippen LogP contribution in [0.25, 0.3) is 0 Å². The van der Waals surface area contributed by atoms with E-state index in [2.05, 4.69) is 11.2 Å². The molecule has 0 bridgehead atoms. The van der Waals surface area contributed by atoms with Gasteiger partial charge in [-0.15, -0.1) is 6.42 Å². The maximum absolute atomic E-state index is 12.1. The van der Waals surface area contributed by atoms with Crippen LogP contribution in [0.15, 0.2) is 0 Å². The van der Waals surface area contributed by atoms with Gasteiger partial charge in [0.25, 0.3) is 0 Å². The van der Waals surface area contributed by atoms with Crippen molar-refractivity contribution in [1.82, 2.24) is 10.2 Å². The number of hydrogen-bond donors (Lipinski definition) is 2. The minimum absolute atomic E-state index is 0.219. The highest BCUT2D eigenvalue weighted by Crippen LogP contribution is 2.36. The summed E-state index contributed by atoms with van der Waals surface area (Å²) in [7, 11) is 0. The quantitative estimate of drug-likeness (QED) is 0.775. The molecular weight excluding hydrogens is 256 g/mol. The third kappa shape index (κ3) is 3.66. The largest absolute Gasteiger partial charge is 0.481 e. The summed E-state index contributed by atoms with van der Waals surface area (Å²) in [6.45, 7) is 6.41. The number of carbonyl (C=O) groups is 2. The number of likely N-dealkylation sites (tertiary alicyclic amines) is 1. The summed E-state index contributed by atoms with van der Waals surface area (Å²) in [5, 5.41) is 12.2. The number of nitrogens with one attached hydrogen (secondary N) is 1. The fourth-order valence-electron chi connectivity index (χ4n) is 2.57. The smallest absolute Gasteiger partial charge is 0.318 e. The molecule has 2 amide bonds. The SMILES string of the molecule is C#CC(C)(C)NC(=O)N1CCC(CCC)(C(=O)O)CC1. The Hall–Kier alpha value is -1.70. The lowest BCUT2D eigenvalue weighted by Crippen LogP contribution is -2.53. The molecule has 1 aliphatic rings. The number of amides is 2. The van der Waals surface area contributed by atoms with Gasteiger partial charge in [0.15, 0.2) is 0 Å². The van der Waals surface area contributed by atoms with E-state index in [0.717, 1.165) is 6.42 Å². The second kappa shape index (κ2) is 6.17. The Morgan fingerprint density at radius 3 is 2.35 bits per heavy atom. The fourth-order valence-corrected chi connectivity index (χ4v) is 2.57. The number of rotatable bonds is 4. The summed E-state index contributed by atoms with van der Waals surface area (Å²) in [6.07, 6.45) is 7.84. The van der Waals surface area contributed by atoms with Crippen LogP contribution in [0.2, 0.25) is 0 Å². The highest BCUT2D eigenvalue weighted by molar-refractivity contribution is 5.78. The zero-order valence-electron chi connectivity index (χ0n) is 12.5. The number of nitrogens with zero attached hydrogens (tertiary/aromatic N) is 1. The first-order valence-electron chi connectivity index (χ1n) is 7.04. The number of carbonyl (C=O) groups excluding carboxylic acids is 1. The zero-order valence-corrected chi connectivity index (χ0v) is 12.5. The van der Waals surface area contributed by atoms with Crippen molar-refractivity contribution >= 4 is 12.0 Å². The third-order valence-electron chi connectivity index (χ3n) is 3.97. The topological polar surface area (TPSA) is 69.6 Å². The first kappa shape index (κ1) is 16.4. The molecule has 0 aromatic carbocycles. The Morgan fingerprint density at radius 2 is 1.95 bits per heavy atom. The number of urea groups is 1. The van der Waals surface area contributed by atoms with E-state index in [1.165, 1.54) is 0 Å². The summed E-state index contributed by atoms with van der Waals surface area (Å²) >= 11 is 0. The molecule has 20 heavy (non-hydrogen) atoms. The molecule has 112 valence electrons. The highest BCUT2D eigenvalue weighted by atomic mass is 16.4. The van der Waals surface area contributed by atoms with E-state index in [-0.39, 0.29) is 6.03 Å². The van der Waals surface area contributed by atoms with Crippen molar-refractivity contribution in [3.05, 3.63) is 0 Å². The fraction of sp³-hybridized carbons (Fsp3) is 0.733. The van der Waals surface area contributed by atoms with Gasteiger partial charge in [0.05, 0.1) is 11.0 Å². The second-order valence-electron chi connectivity index (χ2n) is 6.02. The number of piperidine rings is 1. The van der Waals surface area contributed by atoms with Gasteiger partial charge in [0.1, 0.15) is 0 Å². The van der Waals surface area contributed by atoms with E-state index in [1.807, 2.05) is 6.92 Å². The number of aliphatic carboxylic acids is 1. The molecule has 0 spiro atoms. The molecule has 1 aliphatic heterocycles. The van der Waals surface area contributed by atoms with Crippen molar-refractivity contribution in [3.63, 3.8) is 0 Å². The van der Waals surface area contributed by atoms with Gasteiger partial charge < -0.3 is 15.3 Å². The number of terminal acetylenes is 1. The molecule has 1 saturated heterocycles. The molecule has 2 N–H and O–H groups in total.